The molecule has 2 aromatic rings. The van der Waals surface area contributed by atoms with Crippen molar-refractivity contribution in [3.05, 3.63) is 58.6 Å². The SMILES string of the molecule is COc1ccc(C2(C(=O)Nc3ccc(Br)cc3)CCOCC2)cc1. The molecule has 0 aromatic heterocycles. The molecule has 1 aliphatic rings. The summed E-state index contributed by atoms with van der Waals surface area (Å²) in [5.74, 6) is 0.799. The summed E-state index contributed by atoms with van der Waals surface area (Å²) < 4.78 is 11.7. The highest BCUT2D eigenvalue weighted by molar-refractivity contribution is 9.10. The fourth-order valence-corrected chi connectivity index (χ4v) is 3.33. The van der Waals surface area contributed by atoms with Gasteiger partial charge in [0.15, 0.2) is 0 Å². The molecule has 0 radical (unpaired) electrons. The number of carbonyl (C=O) groups is 1. The first-order chi connectivity index (χ1) is 11.6. The van der Waals surface area contributed by atoms with Crippen LogP contribution in [0.3, 0.4) is 0 Å². The maximum absolute atomic E-state index is 13.1. The maximum Gasteiger partial charge on any atom is 0.235 e. The van der Waals surface area contributed by atoms with Crippen molar-refractivity contribution in [2.75, 3.05) is 25.6 Å². The molecular weight excluding hydrogens is 370 g/mol. The van der Waals surface area contributed by atoms with Crippen LogP contribution in [0.1, 0.15) is 18.4 Å². The Morgan fingerprint density at radius 1 is 1.08 bits per heavy atom. The van der Waals surface area contributed by atoms with Gasteiger partial charge in [-0.3, -0.25) is 4.79 Å². The van der Waals surface area contributed by atoms with E-state index in [1.807, 2.05) is 48.5 Å². The van der Waals surface area contributed by atoms with E-state index in [0.717, 1.165) is 21.5 Å². The number of rotatable bonds is 4. The number of carbonyl (C=O) groups excluding carboxylic acids is 1. The summed E-state index contributed by atoms with van der Waals surface area (Å²) in [6.45, 7) is 1.17. The van der Waals surface area contributed by atoms with Gasteiger partial charge in [-0.15, -0.1) is 0 Å². The third kappa shape index (κ3) is 3.47. The number of anilines is 1. The number of nitrogens with one attached hydrogen (secondary N) is 1. The van der Waals surface area contributed by atoms with E-state index in [1.165, 1.54) is 0 Å². The van der Waals surface area contributed by atoms with Gasteiger partial charge in [0.25, 0.3) is 0 Å². The normalized spacial score (nSPS) is 16.4. The van der Waals surface area contributed by atoms with Crippen LogP contribution in [0, 0.1) is 0 Å². The van der Waals surface area contributed by atoms with Crippen molar-refractivity contribution in [2.24, 2.45) is 0 Å². The van der Waals surface area contributed by atoms with Gasteiger partial charge in [0.2, 0.25) is 5.91 Å². The Hall–Kier alpha value is -1.85. The zero-order valence-electron chi connectivity index (χ0n) is 13.5. The second kappa shape index (κ2) is 7.36. The van der Waals surface area contributed by atoms with E-state index in [0.29, 0.717) is 26.1 Å². The minimum atomic E-state index is -0.572. The van der Waals surface area contributed by atoms with Crippen LogP contribution in [-0.2, 0) is 14.9 Å². The molecule has 0 spiro atoms. The first kappa shape index (κ1) is 17.0. The summed E-state index contributed by atoms with van der Waals surface area (Å²) in [6.07, 6.45) is 1.34. The highest BCUT2D eigenvalue weighted by Crippen LogP contribution is 2.37. The van der Waals surface area contributed by atoms with Crippen molar-refractivity contribution < 1.29 is 14.3 Å². The lowest BCUT2D eigenvalue weighted by atomic mass is 9.73. The van der Waals surface area contributed by atoms with E-state index >= 15 is 0 Å². The first-order valence-electron chi connectivity index (χ1n) is 7.93. The molecular formula is C19H20BrNO3. The fraction of sp³-hybridized carbons (Fsp3) is 0.316. The summed E-state index contributed by atoms with van der Waals surface area (Å²) in [7, 11) is 1.64. The highest BCUT2D eigenvalue weighted by atomic mass is 79.9. The molecule has 0 aliphatic carbocycles. The highest BCUT2D eigenvalue weighted by Gasteiger charge is 2.41. The van der Waals surface area contributed by atoms with Crippen LogP contribution in [0.25, 0.3) is 0 Å². The van der Waals surface area contributed by atoms with E-state index in [9.17, 15) is 4.79 Å². The van der Waals surface area contributed by atoms with Crippen LogP contribution < -0.4 is 10.1 Å². The number of amides is 1. The molecule has 2 aromatic carbocycles. The summed E-state index contributed by atoms with van der Waals surface area (Å²) in [4.78, 5) is 13.1. The quantitative estimate of drug-likeness (QED) is 0.854. The van der Waals surface area contributed by atoms with Crippen molar-refractivity contribution in [1.82, 2.24) is 0 Å². The van der Waals surface area contributed by atoms with Gasteiger partial charge in [-0.25, -0.2) is 0 Å². The molecule has 3 rings (SSSR count). The summed E-state index contributed by atoms with van der Waals surface area (Å²) >= 11 is 3.41. The molecule has 0 unspecified atom stereocenters. The zero-order chi connectivity index (χ0) is 17.0. The minimum absolute atomic E-state index is 0.0123. The van der Waals surface area contributed by atoms with Crippen molar-refractivity contribution in [3.63, 3.8) is 0 Å². The average Bonchev–Trinajstić information content (AvgIpc) is 2.64. The van der Waals surface area contributed by atoms with Crippen molar-refractivity contribution >= 4 is 27.5 Å². The van der Waals surface area contributed by atoms with Crippen molar-refractivity contribution in [3.8, 4) is 5.75 Å². The Morgan fingerprint density at radius 2 is 1.71 bits per heavy atom. The number of halogens is 1. The van der Waals surface area contributed by atoms with Gasteiger partial charge in [-0.1, -0.05) is 28.1 Å². The largest absolute Gasteiger partial charge is 0.497 e. The van der Waals surface area contributed by atoms with Gasteiger partial charge in [0, 0.05) is 23.4 Å². The Kier molecular flexibility index (Phi) is 5.21. The third-order valence-corrected chi connectivity index (χ3v) is 5.05. The molecule has 1 fully saturated rings. The molecule has 1 N–H and O–H groups in total. The zero-order valence-corrected chi connectivity index (χ0v) is 15.1. The molecule has 0 atom stereocenters. The van der Waals surface area contributed by atoms with Crippen molar-refractivity contribution in [1.29, 1.82) is 0 Å². The lowest BCUT2D eigenvalue weighted by molar-refractivity contribution is -0.125. The van der Waals surface area contributed by atoms with Crippen LogP contribution in [-0.4, -0.2) is 26.2 Å². The maximum atomic E-state index is 13.1. The van der Waals surface area contributed by atoms with Gasteiger partial charge in [0.1, 0.15) is 5.75 Å². The fourth-order valence-electron chi connectivity index (χ4n) is 3.06. The Bertz CT molecular complexity index is 692. The standard InChI is InChI=1S/C19H20BrNO3/c1-23-17-8-2-14(3-9-17)19(10-12-24-13-11-19)18(22)21-16-6-4-15(20)5-7-16/h2-9H,10-13H2,1H3,(H,21,22). The molecule has 5 heteroatoms. The average molecular weight is 390 g/mol. The Morgan fingerprint density at radius 3 is 2.29 bits per heavy atom. The summed E-state index contributed by atoms with van der Waals surface area (Å²) in [5, 5.41) is 3.06. The predicted octanol–water partition coefficient (Wildman–Crippen LogP) is 4.14. The van der Waals surface area contributed by atoms with Crippen LogP contribution in [0.15, 0.2) is 53.0 Å². The number of hydrogen-bond donors (Lipinski definition) is 1. The second-order valence-corrected chi connectivity index (χ2v) is 6.80. The number of methoxy groups -OCH3 is 1. The lowest BCUT2D eigenvalue weighted by Crippen LogP contribution is -2.44. The molecule has 0 bridgehead atoms. The van der Waals surface area contributed by atoms with Crippen LogP contribution in [0.5, 0.6) is 5.75 Å². The Labute approximate surface area is 150 Å². The Balaban J connectivity index is 1.89. The third-order valence-electron chi connectivity index (χ3n) is 4.53. The van der Waals surface area contributed by atoms with E-state index in [2.05, 4.69) is 21.2 Å². The molecule has 1 saturated heterocycles. The van der Waals surface area contributed by atoms with Gasteiger partial charge < -0.3 is 14.8 Å². The molecule has 126 valence electrons. The van der Waals surface area contributed by atoms with E-state index < -0.39 is 5.41 Å². The number of hydrogen-bond acceptors (Lipinski definition) is 3. The van der Waals surface area contributed by atoms with Crippen LogP contribution >= 0.6 is 15.9 Å². The predicted molar refractivity (Wildman–Crippen MR) is 97.5 cm³/mol. The van der Waals surface area contributed by atoms with E-state index in [1.54, 1.807) is 7.11 Å². The van der Waals surface area contributed by atoms with Gasteiger partial charge in [-0.2, -0.15) is 0 Å². The number of benzene rings is 2. The van der Waals surface area contributed by atoms with Crippen LogP contribution in [0.2, 0.25) is 0 Å². The summed E-state index contributed by atoms with van der Waals surface area (Å²) in [6, 6.07) is 15.4. The smallest absolute Gasteiger partial charge is 0.235 e. The van der Waals surface area contributed by atoms with E-state index in [4.69, 9.17) is 9.47 Å². The first-order valence-corrected chi connectivity index (χ1v) is 8.73. The molecule has 1 aliphatic heterocycles. The molecule has 24 heavy (non-hydrogen) atoms. The molecule has 1 amide bonds. The molecule has 0 saturated carbocycles. The molecule has 4 nitrogen and oxygen atoms in total. The lowest BCUT2D eigenvalue weighted by Gasteiger charge is -2.36. The summed E-state index contributed by atoms with van der Waals surface area (Å²) in [5.41, 5.74) is 1.22. The van der Waals surface area contributed by atoms with E-state index in [-0.39, 0.29) is 5.91 Å². The van der Waals surface area contributed by atoms with Gasteiger partial charge >= 0.3 is 0 Å². The van der Waals surface area contributed by atoms with Gasteiger partial charge in [-0.05, 0) is 54.8 Å². The van der Waals surface area contributed by atoms with Crippen LogP contribution in [0.4, 0.5) is 5.69 Å². The second-order valence-electron chi connectivity index (χ2n) is 5.88. The minimum Gasteiger partial charge on any atom is -0.497 e. The topological polar surface area (TPSA) is 47.6 Å². The molecule has 1 heterocycles. The monoisotopic (exact) mass is 389 g/mol. The number of ether oxygens (including phenoxy) is 2. The van der Waals surface area contributed by atoms with Crippen molar-refractivity contribution in [2.45, 2.75) is 18.3 Å². The van der Waals surface area contributed by atoms with Gasteiger partial charge in [0.05, 0.1) is 12.5 Å².